The van der Waals surface area contributed by atoms with Gasteiger partial charge in [0.25, 0.3) is 0 Å². The molecular formula is C21H22N2O. The van der Waals surface area contributed by atoms with E-state index in [9.17, 15) is 4.79 Å². The Balaban J connectivity index is 1.78. The Labute approximate surface area is 142 Å². The summed E-state index contributed by atoms with van der Waals surface area (Å²) in [5, 5.41) is 1.32. The molecule has 0 atom stereocenters. The van der Waals surface area contributed by atoms with Crippen molar-refractivity contribution < 1.29 is 4.79 Å². The Bertz CT molecular complexity index is 858. The molecule has 3 nitrogen and oxygen atoms in total. The van der Waals surface area contributed by atoms with Crippen LogP contribution in [0, 0.1) is 0 Å². The van der Waals surface area contributed by atoms with Crippen LogP contribution in [0.5, 0.6) is 0 Å². The Morgan fingerprint density at radius 1 is 1.00 bits per heavy atom. The molecule has 1 N–H and O–H groups in total. The van der Waals surface area contributed by atoms with E-state index in [1.807, 2.05) is 4.90 Å². The number of likely N-dealkylation sites (tertiary alicyclic amines) is 1. The molecule has 0 aliphatic carbocycles. The molecule has 2 aromatic carbocycles. The van der Waals surface area contributed by atoms with E-state index in [2.05, 4.69) is 59.6 Å². The first kappa shape index (κ1) is 15.0. The summed E-state index contributed by atoms with van der Waals surface area (Å²) in [6.07, 6.45) is 2.06. The number of carbonyl (C=O) groups excluding carboxylic acids is 1. The molecule has 1 aromatic heterocycles. The van der Waals surface area contributed by atoms with Crippen molar-refractivity contribution in [2.45, 2.75) is 25.7 Å². The lowest BCUT2D eigenvalue weighted by Gasteiger charge is -2.31. The van der Waals surface area contributed by atoms with Gasteiger partial charge in [-0.25, -0.2) is 0 Å². The third kappa shape index (κ3) is 2.60. The molecule has 1 aliphatic rings. The monoisotopic (exact) mass is 318 g/mol. The highest BCUT2D eigenvalue weighted by molar-refractivity contribution is 5.91. The molecule has 0 spiro atoms. The van der Waals surface area contributed by atoms with Crippen LogP contribution in [0.1, 0.15) is 31.2 Å². The van der Waals surface area contributed by atoms with Crippen molar-refractivity contribution in [1.29, 1.82) is 0 Å². The van der Waals surface area contributed by atoms with Crippen molar-refractivity contribution in [3.8, 4) is 11.3 Å². The van der Waals surface area contributed by atoms with Crippen molar-refractivity contribution in [3.05, 3.63) is 60.2 Å². The number of piperidine rings is 1. The summed E-state index contributed by atoms with van der Waals surface area (Å²) >= 11 is 0. The van der Waals surface area contributed by atoms with Gasteiger partial charge in [-0.15, -0.1) is 0 Å². The van der Waals surface area contributed by atoms with Gasteiger partial charge in [0, 0.05) is 36.6 Å². The van der Waals surface area contributed by atoms with E-state index >= 15 is 0 Å². The predicted molar refractivity (Wildman–Crippen MR) is 98.0 cm³/mol. The standard InChI is InChI=1S/C21H22N2O/c1-15(24)23-13-11-16(12-14-23)20-18-9-5-6-10-19(18)22-21(20)17-7-3-2-4-8-17/h2-10,16,22H,11-14H2,1H3. The summed E-state index contributed by atoms with van der Waals surface area (Å²) in [4.78, 5) is 17.2. The molecule has 0 saturated carbocycles. The zero-order valence-corrected chi connectivity index (χ0v) is 14.0. The molecule has 0 unspecified atom stereocenters. The zero-order valence-electron chi connectivity index (χ0n) is 14.0. The normalized spacial score (nSPS) is 15.8. The lowest BCUT2D eigenvalue weighted by atomic mass is 9.86. The van der Waals surface area contributed by atoms with Crippen LogP contribution in [0.2, 0.25) is 0 Å². The van der Waals surface area contributed by atoms with Crippen molar-refractivity contribution in [2.24, 2.45) is 0 Å². The summed E-state index contributed by atoms with van der Waals surface area (Å²) < 4.78 is 0. The Morgan fingerprint density at radius 2 is 1.67 bits per heavy atom. The average Bonchev–Trinajstić information content (AvgIpc) is 3.02. The quantitative estimate of drug-likeness (QED) is 0.738. The first-order valence-electron chi connectivity index (χ1n) is 8.65. The Kier molecular flexibility index (Phi) is 3.85. The molecule has 3 aromatic rings. The van der Waals surface area contributed by atoms with E-state index in [1.165, 1.54) is 27.7 Å². The van der Waals surface area contributed by atoms with Crippen LogP contribution in [0.25, 0.3) is 22.2 Å². The van der Waals surface area contributed by atoms with Gasteiger partial charge >= 0.3 is 0 Å². The SMILES string of the molecule is CC(=O)N1CCC(c2c(-c3ccccc3)[nH]c3ccccc23)CC1. The van der Waals surface area contributed by atoms with Crippen LogP contribution in [0.15, 0.2) is 54.6 Å². The van der Waals surface area contributed by atoms with Crippen LogP contribution in [-0.4, -0.2) is 28.9 Å². The van der Waals surface area contributed by atoms with Crippen molar-refractivity contribution in [1.82, 2.24) is 9.88 Å². The number of fused-ring (bicyclic) bond motifs is 1. The number of aromatic amines is 1. The van der Waals surface area contributed by atoms with Gasteiger partial charge in [0.1, 0.15) is 0 Å². The van der Waals surface area contributed by atoms with E-state index in [-0.39, 0.29) is 5.91 Å². The molecule has 0 radical (unpaired) electrons. The molecule has 1 aliphatic heterocycles. The molecule has 2 heterocycles. The lowest BCUT2D eigenvalue weighted by Crippen LogP contribution is -2.36. The molecule has 1 amide bonds. The maximum absolute atomic E-state index is 11.6. The maximum atomic E-state index is 11.6. The van der Waals surface area contributed by atoms with E-state index in [4.69, 9.17) is 0 Å². The van der Waals surface area contributed by atoms with E-state index in [0.717, 1.165) is 25.9 Å². The van der Waals surface area contributed by atoms with E-state index in [0.29, 0.717) is 5.92 Å². The number of benzene rings is 2. The topological polar surface area (TPSA) is 36.1 Å². The minimum atomic E-state index is 0.190. The summed E-state index contributed by atoms with van der Waals surface area (Å²) in [5.41, 5.74) is 5.08. The molecular weight excluding hydrogens is 296 g/mol. The average molecular weight is 318 g/mol. The molecule has 1 saturated heterocycles. The second kappa shape index (κ2) is 6.16. The van der Waals surface area contributed by atoms with Crippen molar-refractivity contribution >= 4 is 16.8 Å². The van der Waals surface area contributed by atoms with Crippen LogP contribution in [0.4, 0.5) is 0 Å². The third-order valence-electron chi connectivity index (χ3n) is 5.16. The molecule has 0 bridgehead atoms. The largest absolute Gasteiger partial charge is 0.354 e. The maximum Gasteiger partial charge on any atom is 0.219 e. The number of para-hydroxylation sites is 1. The molecule has 1 fully saturated rings. The first-order valence-corrected chi connectivity index (χ1v) is 8.65. The number of nitrogens with zero attached hydrogens (tertiary/aromatic N) is 1. The molecule has 3 heteroatoms. The van der Waals surface area contributed by atoms with Crippen LogP contribution >= 0.6 is 0 Å². The minimum Gasteiger partial charge on any atom is -0.354 e. The number of rotatable bonds is 2. The second-order valence-electron chi connectivity index (χ2n) is 6.61. The second-order valence-corrected chi connectivity index (χ2v) is 6.61. The number of nitrogens with one attached hydrogen (secondary N) is 1. The van der Waals surface area contributed by atoms with Crippen LogP contribution in [-0.2, 0) is 4.79 Å². The number of amides is 1. The number of carbonyl (C=O) groups is 1. The molecule has 4 rings (SSSR count). The number of aromatic nitrogens is 1. The predicted octanol–water partition coefficient (Wildman–Crippen LogP) is 4.56. The third-order valence-corrected chi connectivity index (χ3v) is 5.16. The fourth-order valence-corrected chi connectivity index (χ4v) is 3.90. The van der Waals surface area contributed by atoms with E-state index in [1.54, 1.807) is 6.92 Å². The number of hydrogen-bond donors (Lipinski definition) is 1. The zero-order chi connectivity index (χ0) is 16.5. The summed E-state index contributed by atoms with van der Waals surface area (Å²) in [7, 11) is 0. The molecule has 122 valence electrons. The Morgan fingerprint density at radius 3 is 2.38 bits per heavy atom. The van der Waals surface area contributed by atoms with Gasteiger partial charge in [-0.1, -0.05) is 48.5 Å². The van der Waals surface area contributed by atoms with Gasteiger partial charge in [-0.3, -0.25) is 4.79 Å². The van der Waals surface area contributed by atoms with Crippen molar-refractivity contribution in [3.63, 3.8) is 0 Å². The smallest absolute Gasteiger partial charge is 0.219 e. The molecule has 24 heavy (non-hydrogen) atoms. The van der Waals surface area contributed by atoms with Gasteiger partial charge in [-0.05, 0) is 36.0 Å². The van der Waals surface area contributed by atoms with Gasteiger partial charge < -0.3 is 9.88 Å². The van der Waals surface area contributed by atoms with Gasteiger partial charge in [-0.2, -0.15) is 0 Å². The minimum absolute atomic E-state index is 0.190. The van der Waals surface area contributed by atoms with Crippen LogP contribution in [0.3, 0.4) is 0 Å². The number of H-pyrrole nitrogens is 1. The van der Waals surface area contributed by atoms with Gasteiger partial charge in [0.05, 0.1) is 0 Å². The summed E-state index contributed by atoms with van der Waals surface area (Å²) in [6, 6.07) is 19.1. The van der Waals surface area contributed by atoms with Crippen LogP contribution < -0.4 is 0 Å². The highest BCUT2D eigenvalue weighted by Crippen LogP contribution is 2.40. The first-order chi connectivity index (χ1) is 11.7. The fraction of sp³-hybridized carbons (Fsp3) is 0.286. The Hall–Kier alpha value is -2.55. The lowest BCUT2D eigenvalue weighted by molar-refractivity contribution is -0.129. The van der Waals surface area contributed by atoms with Gasteiger partial charge in [0.15, 0.2) is 0 Å². The fourth-order valence-electron chi connectivity index (χ4n) is 3.90. The summed E-state index contributed by atoms with van der Waals surface area (Å²) in [6.45, 7) is 3.38. The van der Waals surface area contributed by atoms with Gasteiger partial charge in [0.2, 0.25) is 5.91 Å². The number of hydrogen-bond acceptors (Lipinski definition) is 1. The highest BCUT2D eigenvalue weighted by Gasteiger charge is 2.26. The summed E-state index contributed by atoms with van der Waals surface area (Å²) in [5.74, 6) is 0.683. The van der Waals surface area contributed by atoms with Crippen molar-refractivity contribution in [2.75, 3.05) is 13.1 Å². The van der Waals surface area contributed by atoms with E-state index < -0.39 is 0 Å². The highest BCUT2D eigenvalue weighted by atomic mass is 16.2.